The molecule has 0 aliphatic heterocycles. The van der Waals surface area contributed by atoms with Crippen LogP contribution in [0.2, 0.25) is 0 Å². The van der Waals surface area contributed by atoms with Crippen molar-refractivity contribution < 1.29 is 17.8 Å². The third kappa shape index (κ3) is 3.49. The van der Waals surface area contributed by atoms with Gasteiger partial charge in [-0.3, -0.25) is 10.1 Å². The van der Waals surface area contributed by atoms with Gasteiger partial charge in [-0.2, -0.15) is 0 Å². The molecule has 112 valence electrons. The molecule has 1 atom stereocenters. The third-order valence-corrected chi connectivity index (χ3v) is 4.77. The van der Waals surface area contributed by atoms with Gasteiger partial charge in [-0.15, -0.1) is 0 Å². The first-order chi connectivity index (χ1) is 9.81. The smallest absolute Gasteiger partial charge is 0.289 e. The molecule has 21 heavy (non-hydrogen) atoms. The van der Waals surface area contributed by atoms with Crippen molar-refractivity contribution in [2.75, 3.05) is 0 Å². The van der Waals surface area contributed by atoms with Gasteiger partial charge in [-0.05, 0) is 31.2 Å². The van der Waals surface area contributed by atoms with Crippen LogP contribution in [0.3, 0.4) is 0 Å². The second-order valence-electron chi connectivity index (χ2n) is 4.23. The maximum atomic E-state index is 12.3. The molecule has 0 saturated carbocycles. The van der Waals surface area contributed by atoms with E-state index in [1.165, 1.54) is 18.4 Å². The molecule has 0 aliphatic rings. The molecule has 0 fully saturated rings. The van der Waals surface area contributed by atoms with Gasteiger partial charge >= 0.3 is 0 Å². The molecule has 0 spiro atoms. The Morgan fingerprint density at radius 3 is 2.67 bits per heavy atom. The first kappa shape index (κ1) is 15.7. The summed E-state index contributed by atoms with van der Waals surface area (Å²) in [6.07, 6.45) is 1.42. The zero-order valence-corrected chi connectivity index (χ0v) is 13.2. The molecule has 2 rings (SSSR count). The molecule has 0 amide bonds. The Morgan fingerprint density at radius 1 is 1.38 bits per heavy atom. The van der Waals surface area contributed by atoms with E-state index in [1.54, 1.807) is 19.1 Å². The summed E-state index contributed by atoms with van der Waals surface area (Å²) < 4.78 is 32.6. The van der Waals surface area contributed by atoms with E-state index in [2.05, 4.69) is 20.7 Å². The van der Waals surface area contributed by atoms with Crippen molar-refractivity contribution in [3.63, 3.8) is 0 Å². The predicted molar refractivity (Wildman–Crippen MR) is 78.2 cm³/mol. The Kier molecular flexibility index (Phi) is 4.45. The van der Waals surface area contributed by atoms with Crippen LogP contribution >= 0.6 is 15.9 Å². The van der Waals surface area contributed by atoms with Crippen LogP contribution in [-0.4, -0.2) is 13.3 Å². The minimum absolute atomic E-state index is 0.403. The average molecular weight is 375 g/mol. The maximum Gasteiger partial charge on any atom is 0.289 e. The fourth-order valence-electron chi connectivity index (χ4n) is 1.75. The Balaban J connectivity index is 2.40. The number of hydrogen-bond donors (Lipinski definition) is 1. The van der Waals surface area contributed by atoms with E-state index in [4.69, 9.17) is 4.42 Å². The van der Waals surface area contributed by atoms with Gasteiger partial charge in [0.05, 0.1) is 17.2 Å². The number of hydrogen-bond acceptors (Lipinski definition) is 5. The van der Waals surface area contributed by atoms with Crippen molar-refractivity contribution in [1.29, 1.82) is 0 Å². The predicted octanol–water partition coefficient (Wildman–Crippen LogP) is 2.99. The van der Waals surface area contributed by atoms with Crippen molar-refractivity contribution in [2.45, 2.75) is 17.9 Å². The van der Waals surface area contributed by atoms with Crippen LogP contribution in [0.25, 0.3) is 0 Å². The summed E-state index contributed by atoms with van der Waals surface area (Å²) in [4.78, 5) is 9.83. The lowest BCUT2D eigenvalue weighted by Gasteiger charge is -2.12. The second kappa shape index (κ2) is 5.96. The van der Waals surface area contributed by atoms with Crippen LogP contribution in [-0.2, 0) is 10.0 Å². The molecular formula is C12H11BrN2O5S. The minimum Gasteiger partial charge on any atom is -0.468 e. The standard InChI is InChI=1S/C12H11BrN2O5S/c1-8(11-3-2-6-20-11)14-21(18,19)12-7-9(13)4-5-10(12)15(16)17/h2-8,14H,1H3. The molecule has 0 aliphatic carbocycles. The zero-order chi connectivity index (χ0) is 15.6. The van der Waals surface area contributed by atoms with E-state index in [-0.39, 0.29) is 0 Å². The molecule has 0 saturated heterocycles. The largest absolute Gasteiger partial charge is 0.468 e. The van der Waals surface area contributed by atoms with E-state index in [9.17, 15) is 18.5 Å². The summed E-state index contributed by atoms with van der Waals surface area (Å²) in [5.74, 6) is 0.413. The van der Waals surface area contributed by atoms with Crippen LogP contribution in [0, 0.1) is 10.1 Å². The summed E-state index contributed by atoms with van der Waals surface area (Å²) >= 11 is 3.11. The highest BCUT2D eigenvalue weighted by atomic mass is 79.9. The summed E-state index contributed by atoms with van der Waals surface area (Å²) in [6.45, 7) is 1.58. The van der Waals surface area contributed by atoms with Gasteiger partial charge in [0.1, 0.15) is 5.76 Å². The molecule has 1 aromatic heterocycles. The molecule has 2 aromatic rings. The fraction of sp³-hybridized carbons (Fsp3) is 0.167. The van der Waals surface area contributed by atoms with E-state index in [0.29, 0.717) is 10.2 Å². The van der Waals surface area contributed by atoms with E-state index < -0.39 is 31.6 Å². The Hall–Kier alpha value is -1.71. The number of nitro groups is 1. The summed E-state index contributed by atoms with van der Waals surface area (Å²) in [6, 6.07) is 6.33. The fourth-order valence-corrected chi connectivity index (χ4v) is 3.67. The Labute approximate surface area is 129 Å². The number of nitro benzene ring substituents is 1. The van der Waals surface area contributed by atoms with Crippen molar-refractivity contribution >= 4 is 31.6 Å². The number of halogens is 1. The van der Waals surface area contributed by atoms with Gasteiger partial charge in [-0.25, -0.2) is 13.1 Å². The first-order valence-electron chi connectivity index (χ1n) is 5.81. The Bertz CT molecular complexity index is 758. The van der Waals surface area contributed by atoms with Gasteiger partial charge in [0.25, 0.3) is 5.69 Å². The summed E-state index contributed by atoms with van der Waals surface area (Å²) in [7, 11) is -4.07. The van der Waals surface area contributed by atoms with Gasteiger partial charge < -0.3 is 4.42 Å². The minimum atomic E-state index is -4.07. The first-order valence-corrected chi connectivity index (χ1v) is 8.08. The molecule has 0 bridgehead atoms. The number of benzene rings is 1. The van der Waals surface area contributed by atoms with Crippen LogP contribution in [0.5, 0.6) is 0 Å². The van der Waals surface area contributed by atoms with Crippen LogP contribution in [0.1, 0.15) is 18.7 Å². The normalized spacial score (nSPS) is 13.0. The van der Waals surface area contributed by atoms with E-state index in [0.717, 1.165) is 6.07 Å². The molecule has 1 aromatic carbocycles. The molecule has 0 radical (unpaired) electrons. The molecule has 7 nitrogen and oxygen atoms in total. The second-order valence-corrected chi connectivity index (χ2v) is 6.83. The van der Waals surface area contributed by atoms with Crippen molar-refractivity contribution in [2.24, 2.45) is 0 Å². The highest BCUT2D eigenvalue weighted by Crippen LogP contribution is 2.28. The topological polar surface area (TPSA) is 102 Å². The van der Waals surface area contributed by atoms with E-state index in [1.807, 2.05) is 0 Å². The lowest BCUT2D eigenvalue weighted by Crippen LogP contribution is -2.27. The summed E-state index contributed by atoms with van der Waals surface area (Å²) in [5, 5.41) is 11.0. The van der Waals surface area contributed by atoms with Crippen molar-refractivity contribution in [1.82, 2.24) is 4.72 Å². The lowest BCUT2D eigenvalue weighted by molar-refractivity contribution is -0.387. The van der Waals surface area contributed by atoms with Crippen LogP contribution < -0.4 is 4.72 Å². The van der Waals surface area contributed by atoms with Crippen molar-refractivity contribution in [3.8, 4) is 0 Å². The highest BCUT2D eigenvalue weighted by Gasteiger charge is 2.28. The van der Waals surface area contributed by atoms with Crippen LogP contribution in [0.4, 0.5) is 5.69 Å². The molecule has 1 unspecified atom stereocenters. The highest BCUT2D eigenvalue weighted by molar-refractivity contribution is 9.10. The summed E-state index contributed by atoms with van der Waals surface area (Å²) in [5.41, 5.74) is -0.489. The number of sulfonamides is 1. The zero-order valence-electron chi connectivity index (χ0n) is 10.8. The monoisotopic (exact) mass is 374 g/mol. The third-order valence-electron chi connectivity index (χ3n) is 2.71. The molecular weight excluding hydrogens is 364 g/mol. The average Bonchev–Trinajstić information content (AvgIpc) is 2.91. The van der Waals surface area contributed by atoms with E-state index >= 15 is 0 Å². The quantitative estimate of drug-likeness (QED) is 0.639. The van der Waals surface area contributed by atoms with Gasteiger partial charge in [-0.1, -0.05) is 15.9 Å². The maximum absolute atomic E-state index is 12.3. The lowest BCUT2D eigenvalue weighted by atomic mass is 10.3. The Morgan fingerprint density at radius 2 is 2.10 bits per heavy atom. The van der Waals surface area contributed by atoms with Gasteiger partial charge in [0.15, 0.2) is 4.90 Å². The molecule has 9 heteroatoms. The molecule has 1 heterocycles. The number of nitrogens with one attached hydrogen (secondary N) is 1. The van der Waals surface area contributed by atoms with Crippen molar-refractivity contribution in [3.05, 3.63) is 56.9 Å². The van der Waals surface area contributed by atoms with Crippen LogP contribution in [0.15, 0.2) is 50.4 Å². The molecule has 1 N–H and O–H groups in total. The number of furan rings is 1. The number of rotatable bonds is 5. The van der Waals surface area contributed by atoms with Gasteiger partial charge in [0, 0.05) is 10.5 Å². The van der Waals surface area contributed by atoms with Gasteiger partial charge in [0.2, 0.25) is 10.0 Å². The SMILES string of the molecule is CC(NS(=O)(=O)c1cc(Br)ccc1[N+](=O)[O-])c1ccco1. The number of nitrogens with zero attached hydrogens (tertiary/aromatic N) is 1.